The highest BCUT2D eigenvalue weighted by atomic mass is 35.5. The minimum absolute atomic E-state index is 0.0218. The summed E-state index contributed by atoms with van der Waals surface area (Å²) in [7, 11) is 0. The second-order valence-corrected chi connectivity index (χ2v) is 6.46. The van der Waals surface area contributed by atoms with Gasteiger partial charge >= 0.3 is 5.97 Å². The SMILES string of the molecule is C[C@H]1CCCC[C@@H]1NC(=O)COC(=O)/C=C/c1ccc(F)c(Cl)c1. The van der Waals surface area contributed by atoms with Crippen molar-refractivity contribution in [3.8, 4) is 0 Å². The monoisotopic (exact) mass is 353 g/mol. The predicted molar refractivity (Wildman–Crippen MR) is 91.0 cm³/mol. The van der Waals surface area contributed by atoms with Gasteiger partial charge in [0.2, 0.25) is 0 Å². The highest BCUT2D eigenvalue weighted by molar-refractivity contribution is 6.30. The third kappa shape index (κ3) is 5.64. The molecule has 2 atom stereocenters. The van der Waals surface area contributed by atoms with Crippen molar-refractivity contribution in [2.24, 2.45) is 5.92 Å². The van der Waals surface area contributed by atoms with Crippen molar-refractivity contribution < 1.29 is 18.7 Å². The van der Waals surface area contributed by atoms with Crippen LogP contribution in [0.2, 0.25) is 5.02 Å². The predicted octanol–water partition coefficient (Wildman–Crippen LogP) is 3.73. The maximum absolute atomic E-state index is 13.0. The van der Waals surface area contributed by atoms with E-state index in [1.54, 1.807) is 0 Å². The molecule has 1 aliphatic carbocycles. The summed E-state index contributed by atoms with van der Waals surface area (Å²) in [6.07, 6.45) is 7.01. The fraction of sp³-hybridized carbons (Fsp3) is 0.444. The number of nitrogens with one attached hydrogen (secondary N) is 1. The number of rotatable bonds is 5. The Morgan fingerprint density at radius 1 is 1.38 bits per heavy atom. The summed E-state index contributed by atoms with van der Waals surface area (Å²) < 4.78 is 17.9. The lowest BCUT2D eigenvalue weighted by Gasteiger charge is -2.29. The van der Waals surface area contributed by atoms with Gasteiger partial charge in [-0.25, -0.2) is 9.18 Å². The number of halogens is 2. The van der Waals surface area contributed by atoms with Gasteiger partial charge in [-0.05, 0) is 42.5 Å². The van der Waals surface area contributed by atoms with E-state index in [1.807, 2.05) is 0 Å². The van der Waals surface area contributed by atoms with Crippen molar-refractivity contribution in [3.05, 3.63) is 40.7 Å². The van der Waals surface area contributed by atoms with Crippen molar-refractivity contribution in [1.29, 1.82) is 0 Å². The van der Waals surface area contributed by atoms with E-state index >= 15 is 0 Å². The Hall–Kier alpha value is -1.88. The van der Waals surface area contributed by atoms with Gasteiger partial charge in [0.25, 0.3) is 5.91 Å². The highest BCUT2D eigenvalue weighted by Crippen LogP contribution is 2.23. The molecule has 1 aromatic rings. The van der Waals surface area contributed by atoms with E-state index in [0.29, 0.717) is 11.5 Å². The van der Waals surface area contributed by atoms with Gasteiger partial charge < -0.3 is 10.1 Å². The van der Waals surface area contributed by atoms with Gasteiger partial charge in [0.05, 0.1) is 5.02 Å². The molecule has 0 heterocycles. The molecule has 1 aliphatic rings. The van der Waals surface area contributed by atoms with Crippen LogP contribution in [0.5, 0.6) is 0 Å². The molecule has 0 aliphatic heterocycles. The first-order valence-electron chi connectivity index (χ1n) is 8.05. The lowest BCUT2D eigenvalue weighted by Crippen LogP contribution is -2.42. The molecule has 0 aromatic heterocycles. The first kappa shape index (κ1) is 18.5. The van der Waals surface area contributed by atoms with Crippen molar-refractivity contribution in [2.75, 3.05) is 6.61 Å². The van der Waals surface area contributed by atoms with Gasteiger partial charge in [-0.1, -0.05) is 37.4 Å². The molecule has 130 valence electrons. The molecule has 1 N–H and O–H groups in total. The average Bonchev–Trinajstić information content (AvgIpc) is 2.56. The third-order valence-electron chi connectivity index (χ3n) is 4.16. The van der Waals surface area contributed by atoms with Crippen LogP contribution in [0.15, 0.2) is 24.3 Å². The maximum atomic E-state index is 13.0. The molecular weight excluding hydrogens is 333 g/mol. The van der Waals surface area contributed by atoms with Crippen molar-refractivity contribution in [3.63, 3.8) is 0 Å². The van der Waals surface area contributed by atoms with Crippen LogP contribution in [0, 0.1) is 11.7 Å². The molecule has 4 nitrogen and oxygen atoms in total. The van der Waals surface area contributed by atoms with E-state index in [2.05, 4.69) is 12.2 Å². The molecular formula is C18H21ClFNO3. The molecule has 1 amide bonds. The Morgan fingerprint density at radius 3 is 2.83 bits per heavy atom. The second-order valence-electron chi connectivity index (χ2n) is 6.05. The molecule has 1 fully saturated rings. The van der Waals surface area contributed by atoms with E-state index in [0.717, 1.165) is 19.3 Å². The molecule has 1 saturated carbocycles. The van der Waals surface area contributed by atoms with Crippen LogP contribution in [0.4, 0.5) is 4.39 Å². The molecule has 0 radical (unpaired) electrons. The summed E-state index contributed by atoms with van der Waals surface area (Å²) in [5, 5.41) is 2.89. The highest BCUT2D eigenvalue weighted by Gasteiger charge is 2.22. The van der Waals surface area contributed by atoms with E-state index in [-0.39, 0.29) is 23.6 Å². The van der Waals surface area contributed by atoms with E-state index in [4.69, 9.17) is 16.3 Å². The largest absolute Gasteiger partial charge is 0.452 e. The molecule has 24 heavy (non-hydrogen) atoms. The minimum atomic E-state index is -0.637. The summed E-state index contributed by atoms with van der Waals surface area (Å²) in [4.78, 5) is 23.5. The zero-order valence-corrected chi connectivity index (χ0v) is 14.3. The van der Waals surface area contributed by atoms with Gasteiger partial charge in [0, 0.05) is 12.1 Å². The van der Waals surface area contributed by atoms with Gasteiger partial charge in [-0.2, -0.15) is 0 Å². The smallest absolute Gasteiger partial charge is 0.331 e. The number of hydrogen-bond acceptors (Lipinski definition) is 3. The number of amides is 1. The zero-order valence-electron chi connectivity index (χ0n) is 13.6. The first-order chi connectivity index (χ1) is 11.5. The standard InChI is InChI=1S/C18H21ClFNO3/c1-12-4-2-3-5-16(12)21-17(22)11-24-18(23)9-7-13-6-8-15(20)14(19)10-13/h6-10,12,16H,2-5,11H2,1H3,(H,21,22)/b9-7+/t12-,16-/m0/s1. The Bertz CT molecular complexity index is 633. The Morgan fingerprint density at radius 2 is 2.12 bits per heavy atom. The van der Waals surface area contributed by atoms with Crippen LogP contribution >= 0.6 is 11.6 Å². The van der Waals surface area contributed by atoms with E-state index < -0.39 is 11.8 Å². The molecule has 1 aromatic carbocycles. The molecule has 0 saturated heterocycles. The lowest BCUT2D eigenvalue weighted by molar-refractivity contribution is -0.144. The van der Waals surface area contributed by atoms with Gasteiger partial charge in [-0.3, -0.25) is 4.79 Å². The molecule has 0 bridgehead atoms. The normalized spacial score (nSPS) is 20.8. The van der Waals surface area contributed by atoms with Gasteiger partial charge in [-0.15, -0.1) is 0 Å². The maximum Gasteiger partial charge on any atom is 0.331 e. The van der Waals surface area contributed by atoms with Crippen molar-refractivity contribution in [1.82, 2.24) is 5.32 Å². The van der Waals surface area contributed by atoms with Crippen LogP contribution in [0.3, 0.4) is 0 Å². The molecule has 0 unspecified atom stereocenters. The summed E-state index contributed by atoms with van der Waals surface area (Å²) in [6.45, 7) is 1.81. The quantitative estimate of drug-likeness (QED) is 0.648. The number of benzene rings is 1. The topological polar surface area (TPSA) is 55.4 Å². The van der Waals surface area contributed by atoms with Gasteiger partial charge in [0.15, 0.2) is 6.61 Å². The minimum Gasteiger partial charge on any atom is -0.452 e. The number of hydrogen-bond donors (Lipinski definition) is 1. The van der Waals surface area contributed by atoms with Crippen LogP contribution in [0.25, 0.3) is 6.08 Å². The zero-order chi connectivity index (χ0) is 17.5. The fourth-order valence-corrected chi connectivity index (χ4v) is 2.93. The number of carbonyl (C=O) groups excluding carboxylic acids is 2. The van der Waals surface area contributed by atoms with Crippen LogP contribution < -0.4 is 5.32 Å². The molecule has 6 heteroatoms. The number of carbonyl (C=O) groups is 2. The van der Waals surface area contributed by atoms with E-state index in [9.17, 15) is 14.0 Å². The number of ether oxygens (including phenoxy) is 1. The first-order valence-corrected chi connectivity index (χ1v) is 8.43. The van der Waals surface area contributed by atoms with Crippen LogP contribution in [0.1, 0.15) is 38.2 Å². The Kier molecular flexibility index (Phi) is 6.79. The average molecular weight is 354 g/mol. The summed E-state index contributed by atoms with van der Waals surface area (Å²) >= 11 is 5.66. The van der Waals surface area contributed by atoms with E-state index in [1.165, 1.54) is 36.8 Å². The summed E-state index contributed by atoms with van der Waals surface area (Å²) in [5.41, 5.74) is 0.568. The fourth-order valence-electron chi connectivity index (χ4n) is 2.74. The second kappa shape index (κ2) is 8.83. The van der Waals surface area contributed by atoms with Crippen molar-refractivity contribution in [2.45, 2.75) is 38.6 Å². The Labute approximate surface area is 146 Å². The summed E-state index contributed by atoms with van der Waals surface area (Å²) in [6, 6.07) is 4.26. The van der Waals surface area contributed by atoms with Gasteiger partial charge in [0.1, 0.15) is 5.82 Å². The van der Waals surface area contributed by atoms with Crippen molar-refractivity contribution >= 4 is 29.6 Å². The van der Waals surface area contributed by atoms with Crippen LogP contribution in [-0.4, -0.2) is 24.5 Å². The third-order valence-corrected chi connectivity index (χ3v) is 4.45. The molecule has 2 rings (SSSR count). The Balaban J connectivity index is 1.76. The summed E-state index contributed by atoms with van der Waals surface area (Å²) in [5.74, 6) is -1.01. The molecule has 0 spiro atoms. The lowest BCUT2D eigenvalue weighted by atomic mass is 9.86. The van der Waals surface area contributed by atoms with Crippen LogP contribution in [-0.2, 0) is 14.3 Å². The number of esters is 1.